The molecule has 0 aromatic carbocycles. The van der Waals surface area contributed by atoms with Crippen molar-refractivity contribution in [1.29, 1.82) is 0 Å². The van der Waals surface area contributed by atoms with E-state index in [1.807, 2.05) is 0 Å². The summed E-state index contributed by atoms with van der Waals surface area (Å²) < 4.78 is 2.06. The molecule has 0 amide bonds. The number of halogens is 2. The van der Waals surface area contributed by atoms with Crippen LogP contribution in [0.5, 0.6) is 0 Å². The van der Waals surface area contributed by atoms with Crippen LogP contribution in [-0.4, -0.2) is 19.8 Å². The highest BCUT2D eigenvalue weighted by atomic mass is 79.9. The third kappa shape index (κ3) is 1.21. The zero-order chi connectivity index (χ0) is 7.84. The zero-order valence-electron chi connectivity index (χ0n) is 5.20. The molecule has 2 aromatic heterocycles. The van der Waals surface area contributed by atoms with Gasteiger partial charge in [-0.15, -0.1) is 14.8 Å². The lowest BCUT2D eigenvalue weighted by atomic mass is 10.7. The normalized spacial score (nSPS) is 10.7. The minimum Gasteiger partial charge on any atom is -0.232 e. The van der Waals surface area contributed by atoms with Crippen LogP contribution < -0.4 is 0 Å². The monoisotopic (exact) mass is 232 g/mol. The molecule has 6 heteroatoms. The quantitative estimate of drug-likeness (QED) is 0.693. The fourth-order valence-electron chi connectivity index (χ4n) is 0.733. The SMILES string of the molecule is Clc1cnc2cc(Br)nn2n1. The number of nitrogens with zero attached hydrogens (tertiary/aromatic N) is 4. The molecular weight excluding hydrogens is 231 g/mol. The highest BCUT2D eigenvalue weighted by Crippen LogP contribution is 2.09. The summed E-state index contributed by atoms with van der Waals surface area (Å²) >= 11 is 8.77. The summed E-state index contributed by atoms with van der Waals surface area (Å²) in [6, 6.07) is 1.75. The summed E-state index contributed by atoms with van der Waals surface area (Å²) in [5.41, 5.74) is 0.668. The second-order valence-electron chi connectivity index (χ2n) is 1.90. The third-order valence-electron chi connectivity index (χ3n) is 1.14. The van der Waals surface area contributed by atoms with E-state index in [1.54, 1.807) is 6.07 Å². The third-order valence-corrected chi connectivity index (χ3v) is 1.70. The minimum atomic E-state index is 0.327. The first kappa shape index (κ1) is 7.00. The van der Waals surface area contributed by atoms with Gasteiger partial charge in [0, 0.05) is 6.07 Å². The summed E-state index contributed by atoms with van der Waals surface area (Å²) in [6.45, 7) is 0. The van der Waals surface area contributed by atoms with E-state index in [1.165, 1.54) is 10.8 Å². The molecule has 0 atom stereocenters. The second kappa shape index (κ2) is 2.42. The number of rotatable bonds is 0. The predicted molar refractivity (Wildman–Crippen MR) is 43.5 cm³/mol. The molecule has 2 aromatic rings. The summed E-state index contributed by atoms with van der Waals surface area (Å²) in [5.74, 6) is 0. The molecule has 0 aliphatic heterocycles. The van der Waals surface area contributed by atoms with Gasteiger partial charge in [-0.25, -0.2) is 4.98 Å². The molecular formula is C5H2BrClN4. The van der Waals surface area contributed by atoms with Crippen molar-refractivity contribution in [2.24, 2.45) is 0 Å². The van der Waals surface area contributed by atoms with Crippen LogP contribution in [0.1, 0.15) is 0 Å². The van der Waals surface area contributed by atoms with Crippen LogP contribution in [-0.2, 0) is 0 Å². The zero-order valence-corrected chi connectivity index (χ0v) is 7.54. The maximum atomic E-state index is 5.58. The topological polar surface area (TPSA) is 43.1 Å². The van der Waals surface area contributed by atoms with Gasteiger partial charge >= 0.3 is 0 Å². The van der Waals surface area contributed by atoms with E-state index in [9.17, 15) is 0 Å². The number of hydrogen-bond donors (Lipinski definition) is 0. The fourth-order valence-corrected chi connectivity index (χ4v) is 1.21. The van der Waals surface area contributed by atoms with Gasteiger partial charge < -0.3 is 0 Å². The largest absolute Gasteiger partial charge is 0.232 e. The van der Waals surface area contributed by atoms with E-state index in [4.69, 9.17) is 11.6 Å². The lowest BCUT2D eigenvalue weighted by molar-refractivity contribution is 0.777. The van der Waals surface area contributed by atoms with Gasteiger partial charge in [-0.3, -0.25) is 0 Å². The van der Waals surface area contributed by atoms with Crippen molar-refractivity contribution in [1.82, 2.24) is 19.8 Å². The average Bonchev–Trinajstić information content (AvgIpc) is 2.27. The van der Waals surface area contributed by atoms with Crippen molar-refractivity contribution in [3.8, 4) is 0 Å². The molecule has 11 heavy (non-hydrogen) atoms. The second-order valence-corrected chi connectivity index (χ2v) is 3.10. The van der Waals surface area contributed by atoms with Crippen LogP contribution in [0.2, 0.25) is 5.15 Å². The molecule has 0 unspecified atom stereocenters. The molecule has 2 heterocycles. The van der Waals surface area contributed by atoms with Crippen LogP contribution in [0.25, 0.3) is 5.65 Å². The highest BCUT2D eigenvalue weighted by molar-refractivity contribution is 9.10. The highest BCUT2D eigenvalue weighted by Gasteiger charge is 2.00. The summed E-state index contributed by atoms with van der Waals surface area (Å²) in [6.07, 6.45) is 1.48. The molecule has 56 valence electrons. The maximum absolute atomic E-state index is 5.58. The van der Waals surface area contributed by atoms with Crippen LogP contribution in [0.4, 0.5) is 0 Å². The Kier molecular flexibility index (Phi) is 1.54. The minimum absolute atomic E-state index is 0.327. The van der Waals surface area contributed by atoms with E-state index in [0.29, 0.717) is 15.4 Å². The van der Waals surface area contributed by atoms with E-state index in [0.717, 1.165) is 0 Å². The van der Waals surface area contributed by atoms with Gasteiger partial charge in [0.1, 0.15) is 4.60 Å². The van der Waals surface area contributed by atoms with E-state index in [2.05, 4.69) is 31.1 Å². The number of aromatic nitrogens is 4. The van der Waals surface area contributed by atoms with Crippen LogP contribution in [0.15, 0.2) is 16.9 Å². The Morgan fingerprint density at radius 1 is 1.45 bits per heavy atom. The predicted octanol–water partition coefficient (Wildman–Crippen LogP) is 1.54. The number of fused-ring (bicyclic) bond motifs is 1. The molecule has 4 nitrogen and oxygen atoms in total. The summed E-state index contributed by atoms with van der Waals surface area (Å²) in [5, 5.41) is 8.15. The summed E-state index contributed by atoms with van der Waals surface area (Å²) in [4.78, 5) is 3.98. The van der Waals surface area contributed by atoms with Crippen molar-refractivity contribution < 1.29 is 0 Å². The van der Waals surface area contributed by atoms with Gasteiger partial charge in [-0.1, -0.05) is 11.6 Å². The standard InChI is InChI=1S/C5H2BrClN4/c6-3-1-5-8-2-4(7)10-11(5)9-3/h1-2H. The van der Waals surface area contributed by atoms with Gasteiger partial charge in [0.2, 0.25) is 0 Å². The lowest BCUT2D eigenvalue weighted by Gasteiger charge is -1.88. The maximum Gasteiger partial charge on any atom is 0.177 e. The van der Waals surface area contributed by atoms with Gasteiger partial charge in [0.15, 0.2) is 10.8 Å². The van der Waals surface area contributed by atoms with Crippen molar-refractivity contribution in [3.05, 3.63) is 22.0 Å². The van der Waals surface area contributed by atoms with Gasteiger partial charge in [0.05, 0.1) is 6.20 Å². The molecule has 0 saturated heterocycles. The molecule has 0 bridgehead atoms. The lowest BCUT2D eigenvalue weighted by Crippen LogP contribution is -1.94. The van der Waals surface area contributed by atoms with Crippen LogP contribution in [0, 0.1) is 0 Å². The Balaban J connectivity index is 2.82. The van der Waals surface area contributed by atoms with Crippen molar-refractivity contribution in [2.45, 2.75) is 0 Å². The first-order valence-corrected chi connectivity index (χ1v) is 3.97. The van der Waals surface area contributed by atoms with Gasteiger partial charge in [0.25, 0.3) is 0 Å². The first-order chi connectivity index (χ1) is 5.25. The molecule has 0 fully saturated rings. The molecule has 0 radical (unpaired) electrons. The molecule has 2 rings (SSSR count). The van der Waals surface area contributed by atoms with E-state index < -0.39 is 0 Å². The molecule has 0 aliphatic rings. The Morgan fingerprint density at radius 2 is 2.27 bits per heavy atom. The summed E-state index contributed by atoms with van der Waals surface area (Å²) in [7, 11) is 0. The Hall–Kier alpha value is -0.680. The van der Waals surface area contributed by atoms with Crippen molar-refractivity contribution in [2.75, 3.05) is 0 Å². The Bertz CT molecular complexity index is 398. The Morgan fingerprint density at radius 3 is 3.09 bits per heavy atom. The molecule has 0 spiro atoms. The van der Waals surface area contributed by atoms with Crippen molar-refractivity contribution in [3.63, 3.8) is 0 Å². The van der Waals surface area contributed by atoms with Crippen molar-refractivity contribution >= 4 is 33.2 Å². The van der Waals surface area contributed by atoms with Crippen LogP contribution >= 0.6 is 27.5 Å². The van der Waals surface area contributed by atoms with E-state index >= 15 is 0 Å². The average molecular weight is 233 g/mol. The smallest absolute Gasteiger partial charge is 0.177 e. The fraction of sp³-hybridized carbons (Fsp3) is 0. The Labute approximate surface area is 75.3 Å². The number of hydrogen-bond acceptors (Lipinski definition) is 3. The van der Waals surface area contributed by atoms with E-state index in [-0.39, 0.29) is 0 Å². The first-order valence-electron chi connectivity index (χ1n) is 2.80. The van der Waals surface area contributed by atoms with Gasteiger partial charge in [-0.2, -0.15) is 0 Å². The van der Waals surface area contributed by atoms with Gasteiger partial charge in [-0.05, 0) is 15.9 Å². The van der Waals surface area contributed by atoms with Crippen LogP contribution in [0.3, 0.4) is 0 Å². The molecule has 0 saturated carbocycles. The molecule has 0 N–H and O–H groups in total. The molecule has 0 aliphatic carbocycles.